The Hall–Kier alpha value is -2.37. The quantitative estimate of drug-likeness (QED) is 0.441. The van der Waals surface area contributed by atoms with Crippen molar-refractivity contribution in [3.05, 3.63) is 72.4 Å². The molecule has 4 rings (SSSR count). The molecule has 1 aromatic heterocycles. The smallest absolute Gasteiger partial charge is 0.173 e. The number of aromatic nitrogens is 2. The van der Waals surface area contributed by atoms with Crippen LogP contribution in [0.5, 0.6) is 0 Å². The van der Waals surface area contributed by atoms with Gasteiger partial charge in [0.15, 0.2) is 10.9 Å². The largest absolute Gasteiger partial charge is 0.376 e. The highest BCUT2D eigenvalue weighted by atomic mass is 32.2. The third kappa shape index (κ3) is 4.31. The monoisotopic (exact) mass is 378 g/mol. The predicted molar refractivity (Wildman–Crippen MR) is 108 cm³/mol. The fraction of sp³-hybridized carbons (Fsp3) is 0.273. The first-order chi connectivity index (χ1) is 13.3. The molecule has 0 amide bonds. The molecule has 0 bridgehead atoms. The summed E-state index contributed by atoms with van der Waals surface area (Å²) in [7, 11) is 0. The Labute approximate surface area is 163 Å². The standard InChI is InChI=1S/C22H22N2O2S/c25-21(18-10-5-2-6-11-18)16-27-22-23-14-20(17-8-3-1-4-9-17)24(22)15-19-12-7-13-26-19/h1-6,8-11,14,19H,7,12-13,15-16H2. The number of Topliss-reactive ketones (excluding diaryl/α,β-unsaturated/α-hetero) is 1. The predicted octanol–water partition coefficient (Wildman–Crippen LogP) is 4.70. The van der Waals surface area contributed by atoms with Crippen LogP contribution < -0.4 is 0 Å². The number of imidazole rings is 1. The van der Waals surface area contributed by atoms with Crippen LogP contribution in [0.25, 0.3) is 11.3 Å². The lowest BCUT2D eigenvalue weighted by Crippen LogP contribution is -2.17. The zero-order valence-corrected chi connectivity index (χ0v) is 15.9. The van der Waals surface area contributed by atoms with Gasteiger partial charge in [-0.3, -0.25) is 4.79 Å². The number of hydrogen-bond acceptors (Lipinski definition) is 4. The molecule has 0 aliphatic carbocycles. The normalized spacial score (nSPS) is 16.5. The minimum atomic E-state index is 0.119. The lowest BCUT2D eigenvalue weighted by Gasteiger charge is -2.16. The van der Waals surface area contributed by atoms with Gasteiger partial charge in [0.2, 0.25) is 0 Å². The summed E-state index contributed by atoms with van der Waals surface area (Å²) in [4.78, 5) is 17.1. The lowest BCUT2D eigenvalue weighted by atomic mass is 10.1. The first-order valence-electron chi connectivity index (χ1n) is 9.25. The number of benzene rings is 2. The topological polar surface area (TPSA) is 44.1 Å². The summed E-state index contributed by atoms with van der Waals surface area (Å²) in [5, 5.41) is 0.869. The maximum atomic E-state index is 12.5. The van der Waals surface area contributed by atoms with E-state index in [2.05, 4.69) is 21.7 Å². The Morgan fingerprint density at radius 2 is 1.85 bits per heavy atom. The molecule has 0 saturated carbocycles. The van der Waals surface area contributed by atoms with E-state index in [1.165, 1.54) is 11.8 Å². The molecule has 1 unspecified atom stereocenters. The molecule has 1 fully saturated rings. The van der Waals surface area contributed by atoms with E-state index in [4.69, 9.17) is 4.74 Å². The van der Waals surface area contributed by atoms with Crippen molar-refractivity contribution in [2.24, 2.45) is 0 Å². The van der Waals surface area contributed by atoms with Crippen molar-refractivity contribution in [3.8, 4) is 11.3 Å². The molecule has 5 heteroatoms. The minimum absolute atomic E-state index is 0.119. The number of nitrogens with zero attached hydrogens (tertiary/aromatic N) is 2. The van der Waals surface area contributed by atoms with Gasteiger partial charge >= 0.3 is 0 Å². The molecule has 0 spiro atoms. The van der Waals surface area contributed by atoms with E-state index >= 15 is 0 Å². The van der Waals surface area contributed by atoms with Gasteiger partial charge in [0, 0.05) is 12.2 Å². The van der Waals surface area contributed by atoms with Crippen molar-refractivity contribution in [2.75, 3.05) is 12.4 Å². The highest BCUT2D eigenvalue weighted by molar-refractivity contribution is 7.99. The number of ether oxygens (including phenoxy) is 1. The van der Waals surface area contributed by atoms with E-state index < -0.39 is 0 Å². The second kappa shape index (κ2) is 8.55. The zero-order valence-electron chi connectivity index (χ0n) is 15.1. The lowest BCUT2D eigenvalue weighted by molar-refractivity contribution is 0.0954. The van der Waals surface area contributed by atoms with Crippen LogP contribution in [0.4, 0.5) is 0 Å². The number of hydrogen-bond donors (Lipinski definition) is 0. The highest BCUT2D eigenvalue weighted by Crippen LogP contribution is 2.28. The van der Waals surface area contributed by atoms with Crippen LogP contribution in [0, 0.1) is 0 Å². The molecule has 2 aromatic carbocycles. The Morgan fingerprint density at radius 3 is 2.56 bits per heavy atom. The maximum Gasteiger partial charge on any atom is 0.173 e. The van der Waals surface area contributed by atoms with Crippen molar-refractivity contribution < 1.29 is 9.53 Å². The number of carbonyl (C=O) groups is 1. The van der Waals surface area contributed by atoms with E-state index in [0.29, 0.717) is 5.75 Å². The number of rotatable bonds is 7. The molecule has 2 heterocycles. The Kier molecular flexibility index (Phi) is 5.70. The molecule has 0 radical (unpaired) electrons. The van der Waals surface area contributed by atoms with Crippen molar-refractivity contribution >= 4 is 17.5 Å². The highest BCUT2D eigenvalue weighted by Gasteiger charge is 2.21. The van der Waals surface area contributed by atoms with Crippen LogP contribution in [0.2, 0.25) is 0 Å². The summed E-state index contributed by atoms with van der Waals surface area (Å²) >= 11 is 1.50. The molecule has 1 aliphatic rings. The van der Waals surface area contributed by atoms with E-state index in [1.807, 2.05) is 54.7 Å². The SMILES string of the molecule is O=C(CSc1ncc(-c2ccccc2)n1CC1CCCO1)c1ccccc1. The van der Waals surface area contributed by atoms with Crippen LogP contribution in [0.3, 0.4) is 0 Å². The minimum Gasteiger partial charge on any atom is -0.376 e. The summed E-state index contributed by atoms with van der Waals surface area (Å²) in [6.07, 6.45) is 4.29. The van der Waals surface area contributed by atoms with E-state index in [-0.39, 0.29) is 11.9 Å². The first kappa shape index (κ1) is 18.0. The van der Waals surface area contributed by atoms with Gasteiger partial charge < -0.3 is 9.30 Å². The Balaban J connectivity index is 1.56. The van der Waals surface area contributed by atoms with Gasteiger partial charge in [-0.1, -0.05) is 72.4 Å². The molecule has 3 aromatic rings. The average molecular weight is 378 g/mol. The average Bonchev–Trinajstić information content (AvgIpc) is 3.38. The first-order valence-corrected chi connectivity index (χ1v) is 10.2. The zero-order chi connectivity index (χ0) is 18.5. The summed E-state index contributed by atoms with van der Waals surface area (Å²) in [6, 6.07) is 19.7. The third-order valence-electron chi connectivity index (χ3n) is 4.73. The van der Waals surface area contributed by atoms with Crippen molar-refractivity contribution in [3.63, 3.8) is 0 Å². The summed E-state index contributed by atoms with van der Waals surface area (Å²) in [6.45, 7) is 1.60. The van der Waals surface area contributed by atoms with E-state index in [1.54, 1.807) is 0 Å². The fourth-order valence-electron chi connectivity index (χ4n) is 3.32. The van der Waals surface area contributed by atoms with Gasteiger partial charge in [-0.15, -0.1) is 0 Å². The van der Waals surface area contributed by atoms with Crippen molar-refractivity contribution in [2.45, 2.75) is 30.6 Å². The van der Waals surface area contributed by atoms with Gasteiger partial charge in [0.1, 0.15) is 0 Å². The molecular formula is C22H22N2O2S. The fourth-order valence-corrected chi connectivity index (χ4v) is 4.20. The van der Waals surface area contributed by atoms with Gasteiger partial charge in [-0.25, -0.2) is 4.98 Å². The van der Waals surface area contributed by atoms with Crippen LogP contribution in [-0.2, 0) is 11.3 Å². The second-order valence-electron chi connectivity index (χ2n) is 6.62. The van der Waals surface area contributed by atoms with E-state index in [9.17, 15) is 4.79 Å². The van der Waals surface area contributed by atoms with Crippen LogP contribution in [-0.4, -0.2) is 33.8 Å². The molecule has 0 N–H and O–H groups in total. The van der Waals surface area contributed by atoms with Gasteiger partial charge in [0.05, 0.1) is 30.3 Å². The second-order valence-corrected chi connectivity index (χ2v) is 7.56. The molecular weight excluding hydrogens is 356 g/mol. The summed E-state index contributed by atoms with van der Waals surface area (Å²) < 4.78 is 8.04. The van der Waals surface area contributed by atoms with Crippen LogP contribution in [0.1, 0.15) is 23.2 Å². The Morgan fingerprint density at radius 1 is 1.11 bits per heavy atom. The molecule has 1 aliphatic heterocycles. The number of thioether (sulfide) groups is 1. The van der Waals surface area contributed by atoms with Gasteiger partial charge in [-0.05, 0) is 18.4 Å². The number of carbonyl (C=O) groups excluding carboxylic acids is 1. The summed E-state index contributed by atoms with van der Waals surface area (Å²) in [5.41, 5.74) is 2.94. The molecule has 1 saturated heterocycles. The molecule has 138 valence electrons. The number of ketones is 1. The maximum absolute atomic E-state index is 12.5. The Bertz CT molecular complexity index is 887. The molecule has 1 atom stereocenters. The van der Waals surface area contributed by atoms with Crippen molar-refractivity contribution in [1.29, 1.82) is 0 Å². The van der Waals surface area contributed by atoms with Crippen LogP contribution in [0.15, 0.2) is 72.0 Å². The van der Waals surface area contributed by atoms with E-state index in [0.717, 1.165) is 48.0 Å². The molecule has 4 nitrogen and oxygen atoms in total. The third-order valence-corrected chi connectivity index (χ3v) is 5.72. The summed E-state index contributed by atoms with van der Waals surface area (Å²) in [5.74, 6) is 0.495. The van der Waals surface area contributed by atoms with Gasteiger partial charge in [-0.2, -0.15) is 0 Å². The van der Waals surface area contributed by atoms with Gasteiger partial charge in [0.25, 0.3) is 0 Å². The van der Waals surface area contributed by atoms with Crippen molar-refractivity contribution in [1.82, 2.24) is 9.55 Å². The van der Waals surface area contributed by atoms with Crippen LogP contribution >= 0.6 is 11.8 Å². The molecule has 27 heavy (non-hydrogen) atoms.